The number of halogens is 1. The Bertz CT molecular complexity index is 3170. The van der Waals surface area contributed by atoms with Crippen molar-refractivity contribution in [2.75, 3.05) is 13.2 Å². The molecule has 2 fully saturated rings. The summed E-state index contributed by atoms with van der Waals surface area (Å²) in [5.41, 5.74) is 0.594. The van der Waals surface area contributed by atoms with E-state index in [1.165, 1.54) is 84.9 Å². The Morgan fingerprint density at radius 1 is 0.304 bits per heavy atom. The van der Waals surface area contributed by atoms with Gasteiger partial charge in [0, 0.05) is 0 Å². The van der Waals surface area contributed by atoms with Crippen LogP contribution in [0.15, 0.2) is 212 Å². The Morgan fingerprint density at radius 2 is 0.557 bits per heavy atom. The van der Waals surface area contributed by atoms with E-state index in [0.29, 0.717) is 0 Å². The molecular formula is C61H49BrO17. The van der Waals surface area contributed by atoms with Gasteiger partial charge in [0.05, 0.1) is 38.9 Å². The van der Waals surface area contributed by atoms with Crippen molar-refractivity contribution in [3.63, 3.8) is 0 Å². The molecule has 10 atom stereocenters. The Balaban J connectivity index is 1.18. The molecule has 2 saturated heterocycles. The minimum absolute atomic E-state index is 0.0162. The first-order valence-electron chi connectivity index (χ1n) is 24.9. The minimum atomic E-state index is -2.01. The zero-order chi connectivity index (χ0) is 55.1. The van der Waals surface area contributed by atoms with Crippen LogP contribution in [0.1, 0.15) is 72.5 Å². The van der Waals surface area contributed by atoms with Gasteiger partial charge in [-0.2, -0.15) is 0 Å². The topological polar surface area (TPSA) is 212 Å². The number of esters is 7. The lowest BCUT2D eigenvalue weighted by Gasteiger charge is -2.48. The molecule has 402 valence electrons. The highest BCUT2D eigenvalue weighted by atomic mass is 79.9. The van der Waals surface area contributed by atoms with Gasteiger partial charge in [-0.15, -0.1) is 0 Å². The number of ether oxygens (including phenoxy) is 10. The van der Waals surface area contributed by atoms with Crippen LogP contribution >= 0.6 is 15.9 Å². The maximum Gasteiger partial charge on any atom is 0.338 e. The summed E-state index contributed by atoms with van der Waals surface area (Å²) in [5.74, 6) is -6.33. The second-order valence-corrected chi connectivity index (χ2v) is 18.7. The highest BCUT2D eigenvalue weighted by Gasteiger charge is 2.58. The van der Waals surface area contributed by atoms with Gasteiger partial charge in [0.25, 0.3) is 0 Å². The molecule has 17 nitrogen and oxygen atoms in total. The fourth-order valence-corrected chi connectivity index (χ4v) is 9.25. The Labute approximate surface area is 461 Å². The fourth-order valence-electron chi connectivity index (χ4n) is 8.56. The summed E-state index contributed by atoms with van der Waals surface area (Å²) in [6, 6.07) is 55.1. The van der Waals surface area contributed by atoms with Gasteiger partial charge in [-0.1, -0.05) is 143 Å². The highest BCUT2D eigenvalue weighted by Crippen LogP contribution is 2.38. The van der Waals surface area contributed by atoms with Gasteiger partial charge in [-0.05, 0) is 84.9 Å². The van der Waals surface area contributed by atoms with Crippen LogP contribution in [0, 0.1) is 0 Å². The van der Waals surface area contributed by atoms with Crippen LogP contribution in [0.3, 0.4) is 0 Å². The van der Waals surface area contributed by atoms with Crippen LogP contribution in [0.2, 0.25) is 0 Å². The molecule has 7 aromatic rings. The summed E-state index contributed by atoms with van der Waals surface area (Å²) in [5, 5.41) is -1.31. The van der Waals surface area contributed by atoms with Gasteiger partial charge < -0.3 is 47.4 Å². The van der Waals surface area contributed by atoms with Gasteiger partial charge in [0.15, 0.2) is 41.8 Å². The smallest absolute Gasteiger partial charge is 0.338 e. The molecule has 2 heterocycles. The van der Waals surface area contributed by atoms with E-state index in [1.54, 1.807) is 127 Å². The molecule has 2 aliphatic heterocycles. The van der Waals surface area contributed by atoms with E-state index < -0.39 is 115 Å². The number of hydrogen-bond acceptors (Lipinski definition) is 17. The number of alkyl halides is 1. The minimum Gasteiger partial charge on any atom is -0.459 e. The zero-order valence-electron chi connectivity index (χ0n) is 41.7. The van der Waals surface area contributed by atoms with E-state index in [4.69, 9.17) is 47.4 Å². The molecular weight excluding hydrogens is 1080 g/mol. The number of benzene rings is 7. The Kier molecular flexibility index (Phi) is 18.4. The van der Waals surface area contributed by atoms with Crippen LogP contribution in [-0.2, 0) is 47.4 Å². The van der Waals surface area contributed by atoms with Crippen LogP contribution in [-0.4, -0.2) is 115 Å². The first-order chi connectivity index (χ1) is 38.5. The summed E-state index contributed by atoms with van der Waals surface area (Å²) in [6.45, 7) is -1.34. The van der Waals surface area contributed by atoms with Gasteiger partial charge in [-0.25, -0.2) is 33.6 Å². The normalized spacial score (nSPS) is 22.4. The van der Waals surface area contributed by atoms with Gasteiger partial charge in [0.1, 0.15) is 31.5 Å². The zero-order valence-corrected chi connectivity index (χ0v) is 43.3. The molecule has 0 aromatic heterocycles. The molecule has 0 bridgehead atoms. The molecule has 2 aliphatic rings. The predicted molar refractivity (Wildman–Crippen MR) is 283 cm³/mol. The third-order valence-electron chi connectivity index (χ3n) is 12.5. The summed E-state index contributed by atoms with van der Waals surface area (Å²) in [6.07, 6.45) is -15.7. The fraction of sp³-hybridized carbons (Fsp3) is 0.197. The van der Waals surface area contributed by atoms with Crippen LogP contribution in [0.25, 0.3) is 0 Å². The van der Waals surface area contributed by atoms with Crippen molar-refractivity contribution in [2.45, 2.75) is 60.1 Å². The number of carbonyl (C=O) groups is 7. The molecule has 0 N–H and O–H groups in total. The maximum atomic E-state index is 14.5. The van der Waals surface area contributed by atoms with Gasteiger partial charge in [0.2, 0.25) is 0 Å². The van der Waals surface area contributed by atoms with Crippen molar-refractivity contribution in [3.05, 3.63) is 251 Å². The lowest BCUT2D eigenvalue weighted by molar-refractivity contribution is -0.334. The average molecular weight is 1130 g/mol. The largest absolute Gasteiger partial charge is 0.459 e. The average Bonchev–Trinajstić information content (AvgIpc) is 3.51. The molecule has 0 radical (unpaired) electrons. The van der Waals surface area contributed by atoms with Crippen molar-refractivity contribution < 1.29 is 80.9 Å². The Morgan fingerprint density at radius 3 is 0.886 bits per heavy atom. The summed E-state index contributed by atoms with van der Waals surface area (Å²) in [4.78, 5) is 98.9. The molecule has 0 amide bonds. The monoisotopic (exact) mass is 1130 g/mol. The standard InChI is InChI=1S/C61H49BrO17/c62-53-51(77-59(68)43-32-18-6-19-33-43)49(75-57(66)41-28-14-4-15-29-41)48(45(72-53)36-70-54(63)38-22-8-1-9-23-38)79-61-52(78-60(69)44-34-20-7-21-35-44)50(76-58(67)42-30-16-5-17-31-42)47(74-56(65)40-26-12-3-13-27-40)46(73-61)37-71-55(64)39-24-10-2-11-25-39/h1-35,45-53,61H,36-37H2/t45-,46-,47-,48-,49+,50+,51-,52-,53+,61-/m1/s1. The lowest BCUT2D eigenvalue weighted by atomic mass is 9.96. The van der Waals surface area contributed by atoms with Gasteiger partial charge >= 0.3 is 41.8 Å². The molecule has 79 heavy (non-hydrogen) atoms. The predicted octanol–water partition coefficient (Wildman–Crippen LogP) is 9.06. The second kappa shape index (κ2) is 26.5. The molecule has 0 aliphatic carbocycles. The summed E-state index contributed by atoms with van der Waals surface area (Å²) < 4.78 is 63.0. The highest BCUT2D eigenvalue weighted by molar-refractivity contribution is 9.09. The third kappa shape index (κ3) is 14.0. The molecule has 0 saturated carbocycles. The van der Waals surface area contributed by atoms with Crippen LogP contribution in [0.5, 0.6) is 0 Å². The van der Waals surface area contributed by atoms with Crippen LogP contribution in [0.4, 0.5) is 0 Å². The Hall–Kier alpha value is -8.81. The molecule has 9 rings (SSSR count). The van der Waals surface area contributed by atoms with Crippen LogP contribution < -0.4 is 0 Å². The SMILES string of the molecule is O=C(OC[C@H]1O[C@H](Br)[C@H](OC(=O)c2ccccc2)[C@@H](OC(=O)c2ccccc2)[C@@H]1O[C@H]1O[C@H](COC(=O)c2ccccc2)[C@@H](OC(=O)c2ccccc2)[C@H](OC(=O)c2ccccc2)[C@H]1OC(=O)c1ccccc1)c1ccccc1. The van der Waals surface area contributed by atoms with Crippen molar-refractivity contribution in [2.24, 2.45) is 0 Å². The van der Waals surface area contributed by atoms with E-state index in [9.17, 15) is 33.6 Å². The first-order valence-corrected chi connectivity index (χ1v) is 25.8. The molecule has 0 spiro atoms. The third-order valence-corrected chi connectivity index (χ3v) is 13.2. The van der Waals surface area contributed by atoms with Gasteiger partial charge in [-0.3, -0.25) is 0 Å². The summed E-state index contributed by atoms with van der Waals surface area (Å²) in [7, 11) is 0. The van der Waals surface area contributed by atoms with E-state index in [0.717, 1.165) is 0 Å². The van der Waals surface area contributed by atoms with E-state index in [-0.39, 0.29) is 38.9 Å². The van der Waals surface area contributed by atoms with E-state index >= 15 is 0 Å². The van der Waals surface area contributed by atoms with E-state index in [1.807, 2.05) is 0 Å². The molecule has 0 unspecified atom stereocenters. The quantitative estimate of drug-likeness (QED) is 0.0445. The number of hydrogen-bond donors (Lipinski definition) is 0. The second-order valence-electron chi connectivity index (χ2n) is 17.8. The van der Waals surface area contributed by atoms with Crippen molar-refractivity contribution in [1.82, 2.24) is 0 Å². The first kappa shape index (κ1) is 55.0. The van der Waals surface area contributed by atoms with Crippen molar-refractivity contribution in [1.29, 1.82) is 0 Å². The summed E-state index contributed by atoms with van der Waals surface area (Å²) >= 11 is 3.49. The molecule has 18 heteroatoms. The number of rotatable bonds is 18. The number of carbonyl (C=O) groups excluding carboxylic acids is 7. The molecule has 7 aromatic carbocycles. The maximum absolute atomic E-state index is 14.5. The lowest BCUT2D eigenvalue weighted by Crippen LogP contribution is -2.66. The van der Waals surface area contributed by atoms with Crippen molar-refractivity contribution in [3.8, 4) is 0 Å². The van der Waals surface area contributed by atoms with E-state index in [2.05, 4.69) is 15.9 Å². The van der Waals surface area contributed by atoms with Crippen molar-refractivity contribution >= 4 is 57.7 Å².